The summed E-state index contributed by atoms with van der Waals surface area (Å²) < 4.78 is 34.8. The maximum Gasteiger partial charge on any atom is 0.258 e. The molecule has 0 aliphatic carbocycles. The Bertz CT molecular complexity index is 1480. The first-order valence-corrected chi connectivity index (χ1v) is 12.3. The number of aryl methyl sites for hydroxylation is 1. The standard InChI is InChI=1S/C29H29F2N3O5/c1-17-11-25(31)23(21-5-4-10-34(29(21)38)14-20(35)16-39-3)12-26(17)32-28(37)24-15-33(2)27(36)13-22(24)18-6-8-19(30)9-7-18/h4-12,15,20,22,35H,13-14,16H2,1-3H3,(H,32,37). The molecule has 0 spiro atoms. The minimum Gasteiger partial charge on any atom is -0.389 e. The molecule has 1 aliphatic heterocycles. The molecule has 39 heavy (non-hydrogen) atoms. The fraction of sp³-hybridized carbons (Fsp3) is 0.276. The van der Waals surface area contributed by atoms with Crippen molar-refractivity contribution in [1.29, 1.82) is 0 Å². The highest BCUT2D eigenvalue weighted by Crippen LogP contribution is 2.34. The molecule has 0 fully saturated rings. The van der Waals surface area contributed by atoms with E-state index in [1.54, 1.807) is 20.0 Å². The van der Waals surface area contributed by atoms with Crippen molar-refractivity contribution in [3.63, 3.8) is 0 Å². The monoisotopic (exact) mass is 537 g/mol. The van der Waals surface area contributed by atoms with Crippen LogP contribution in [0.15, 0.2) is 71.3 Å². The zero-order chi connectivity index (χ0) is 28.3. The van der Waals surface area contributed by atoms with Crippen LogP contribution in [-0.4, -0.2) is 53.3 Å². The van der Waals surface area contributed by atoms with E-state index in [1.165, 1.54) is 71.4 Å². The van der Waals surface area contributed by atoms with Gasteiger partial charge in [0.05, 0.1) is 24.8 Å². The van der Waals surface area contributed by atoms with Crippen molar-refractivity contribution in [3.8, 4) is 11.1 Å². The molecule has 0 saturated heterocycles. The molecule has 0 radical (unpaired) electrons. The van der Waals surface area contributed by atoms with Crippen LogP contribution in [0.1, 0.15) is 23.5 Å². The van der Waals surface area contributed by atoms with E-state index in [1.807, 2.05) is 0 Å². The molecule has 2 aromatic carbocycles. The van der Waals surface area contributed by atoms with E-state index in [9.17, 15) is 23.9 Å². The Morgan fingerprint density at radius 3 is 2.56 bits per heavy atom. The second-order valence-electron chi connectivity index (χ2n) is 9.49. The van der Waals surface area contributed by atoms with Gasteiger partial charge in [-0.3, -0.25) is 14.4 Å². The number of carbonyl (C=O) groups is 2. The Labute approximate surface area is 224 Å². The van der Waals surface area contributed by atoms with Gasteiger partial charge in [-0.2, -0.15) is 0 Å². The van der Waals surface area contributed by atoms with Crippen LogP contribution in [0.25, 0.3) is 11.1 Å². The lowest BCUT2D eigenvalue weighted by molar-refractivity contribution is -0.128. The normalized spacial score (nSPS) is 16.2. The highest BCUT2D eigenvalue weighted by molar-refractivity contribution is 6.07. The smallest absolute Gasteiger partial charge is 0.258 e. The van der Waals surface area contributed by atoms with Gasteiger partial charge in [0.1, 0.15) is 11.6 Å². The van der Waals surface area contributed by atoms with Gasteiger partial charge in [0.15, 0.2) is 0 Å². The minimum atomic E-state index is -0.927. The predicted octanol–water partition coefficient (Wildman–Crippen LogP) is 3.58. The maximum atomic E-state index is 15.1. The van der Waals surface area contributed by atoms with Gasteiger partial charge in [-0.15, -0.1) is 0 Å². The molecular weight excluding hydrogens is 508 g/mol. The van der Waals surface area contributed by atoms with Crippen molar-refractivity contribution in [1.82, 2.24) is 9.47 Å². The Balaban J connectivity index is 1.67. The zero-order valence-electron chi connectivity index (χ0n) is 21.8. The Hall–Kier alpha value is -4.15. The zero-order valence-corrected chi connectivity index (χ0v) is 21.8. The summed E-state index contributed by atoms with van der Waals surface area (Å²) >= 11 is 0. The van der Waals surface area contributed by atoms with Crippen LogP contribution in [0.3, 0.4) is 0 Å². The molecule has 204 valence electrons. The van der Waals surface area contributed by atoms with Gasteiger partial charge in [-0.05, 0) is 54.4 Å². The first-order valence-electron chi connectivity index (χ1n) is 12.3. The van der Waals surface area contributed by atoms with E-state index in [0.29, 0.717) is 11.1 Å². The van der Waals surface area contributed by atoms with Crippen molar-refractivity contribution >= 4 is 17.5 Å². The molecule has 2 amide bonds. The lowest BCUT2D eigenvalue weighted by atomic mass is 9.85. The average molecular weight is 538 g/mol. The van der Waals surface area contributed by atoms with Crippen LogP contribution < -0.4 is 10.9 Å². The SMILES string of the molecule is COCC(O)Cn1cccc(-c2cc(NC(=O)C3=CN(C)C(=O)CC3c3ccc(F)cc3)c(C)cc2F)c1=O. The summed E-state index contributed by atoms with van der Waals surface area (Å²) in [5, 5.41) is 12.8. The van der Waals surface area contributed by atoms with Crippen molar-refractivity contribution in [2.45, 2.75) is 31.9 Å². The van der Waals surface area contributed by atoms with E-state index in [4.69, 9.17) is 4.74 Å². The number of aliphatic hydroxyl groups excluding tert-OH is 1. The number of ether oxygens (including phenoxy) is 1. The van der Waals surface area contributed by atoms with E-state index in [2.05, 4.69) is 5.32 Å². The van der Waals surface area contributed by atoms with Crippen LogP contribution in [-0.2, 0) is 20.9 Å². The summed E-state index contributed by atoms with van der Waals surface area (Å²) in [4.78, 5) is 40.3. The van der Waals surface area contributed by atoms with E-state index in [0.717, 1.165) is 0 Å². The Morgan fingerprint density at radius 2 is 1.87 bits per heavy atom. The van der Waals surface area contributed by atoms with E-state index < -0.39 is 35.1 Å². The summed E-state index contributed by atoms with van der Waals surface area (Å²) in [5.41, 5.74) is 1.12. The van der Waals surface area contributed by atoms with Gasteiger partial charge >= 0.3 is 0 Å². The number of nitrogens with zero attached hydrogens (tertiary/aromatic N) is 2. The van der Waals surface area contributed by atoms with Gasteiger partial charge in [0.25, 0.3) is 11.5 Å². The third-order valence-corrected chi connectivity index (χ3v) is 6.65. The largest absolute Gasteiger partial charge is 0.389 e. The summed E-state index contributed by atoms with van der Waals surface area (Å²) in [6.07, 6.45) is 2.02. The first-order chi connectivity index (χ1) is 18.6. The predicted molar refractivity (Wildman–Crippen MR) is 142 cm³/mol. The summed E-state index contributed by atoms with van der Waals surface area (Å²) in [6, 6.07) is 11.3. The lowest BCUT2D eigenvalue weighted by Gasteiger charge is -2.28. The Kier molecular flexibility index (Phi) is 8.37. The van der Waals surface area contributed by atoms with Crippen molar-refractivity contribution < 1.29 is 28.2 Å². The van der Waals surface area contributed by atoms with Crippen LogP contribution >= 0.6 is 0 Å². The number of aromatic nitrogens is 1. The number of nitrogens with one attached hydrogen (secondary N) is 1. The molecule has 2 N–H and O–H groups in total. The molecule has 3 aromatic rings. The number of benzene rings is 2. The second-order valence-corrected chi connectivity index (χ2v) is 9.49. The van der Waals surface area contributed by atoms with Crippen molar-refractivity contribution in [3.05, 3.63) is 99.6 Å². The maximum absolute atomic E-state index is 15.1. The van der Waals surface area contributed by atoms with Crippen molar-refractivity contribution in [2.24, 2.45) is 0 Å². The van der Waals surface area contributed by atoms with E-state index in [-0.39, 0.29) is 47.9 Å². The molecule has 0 saturated carbocycles. The number of aliphatic hydroxyl groups is 1. The highest BCUT2D eigenvalue weighted by Gasteiger charge is 2.31. The topological polar surface area (TPSA) is 101 Å². The summed E-state index contributed by atoms with van der Waals surface area (Å²) in [5.74, 6) is -2.40. The molecule has 1 aliphatic rings. The van der Waals surface area contributed by atoms with E-state index >= 15 is 4.39 Å². The van der Waals surface area contributed by atoms with Gasteiger partial charge in [-0.1, -0.05) is 12.1 Å². The molecule has 2 unspecified atom stereocenters. The van der Waals surface area contributed by atoms with Crippen LogP contribution in [0.5, 0.6) is 0 Å². The molecule has 1 aromatic heterocycles. The molecule has 10 heteroatoms. The quantitative estimate of drug-likeness (QED) is 0.458. The first kappa shape index (κ1) is 27.9. The van der Waals surface area contributed by atoms with Crippen molar-refractivity contribution in [2.75, 3.05) is 26.1 Å². The number of pyridine rings is 1. The lowest BCUT2D eigenvalue weighted by Crippen LogP contribution is -2.33. The number of anilines is 1. The molecular formula is C29H29F2N3O5. The molecule has 0 bridgehead atoms. The average Bonchev–Trinajstić information content (AvgIpc) is 2.89. The number of carbonyl (C=O) groups excluding carboxylic acids is 2. The number of methoxy groups -OCH3 is 1. The van der Waals surface area contributed by atoms with Crippen LogP contribution in [0, 0.1) is 18.6 Å². The third-order valence-electron chi connectivity index (χ3n) is 6.65. The van der Waals surface area contributed by atoms with Crippen LogP contribution in [0.2, 0.25) is 0 Å². The molecule has 2 heterocycles. The van der Waals surface area contributed by atoms with Gasteiger partial charge in [0, 0.05) is 55.7 Å². The molecule has 4 rings (SSSR count). The fourth-order valence-corrected chi connectivity index (χ4v) is 4.57. The number of rotatable bonds is 8. The fourth-order valence-electron chi connectivity index (χ4n) is 4.57. The second kappa shape index (κ2) is 11.7. The number of hydrogen-bond acceptors (Lipinski definition) is 5. The number of hydrogen-bond donors (Lipinski definition) is 2. The van der Waals surface area contributed by atoms with Gasteiger partial charge < -0.3 is 24.6 Å². The van der Waals surface area contributed by atoms with Crippen LogP contribution in [0.4, 0.5) is 14.5 Å². The van der Waals surface area contributed by atoms with Gasteiger partial charge in [-0.25, -0.2) is 8.78 Å². The Morgan fingerprint density at radius 1 is 1.15 bits per heavy atom. The molecule has 8 nitrogen and oxygen atoms in total. The number of halogens is 2. The minimum absolute atomic E-state index is 0.0171. The number of amides is 2. The molecule has 2 atom stereocenters. The third kappa shape index (κ3) is 6.13. The van der Waals surface area contributed by atoms with Gasteiger partial charge in [0.2, 0.25) is 5.91 Å². The highest BCUT2D eigenvalue weighted by atomic mass is 19.1. The summed E-state index contributed by atoms with van der Waals surface area (Å²) in [7, 11) is 2.97. The summed E-state index contributed by atoms with van der Waals surface area (Å²) in [6.45, 7) is 1.61.